The van der Waals surface area contributed by atoms with Crippen molar-refractivity contribution >= 4 is 21.9 Å². The van der Waals surface area contributed by atoms with Crippen LogP contribution in [0.2, 0.25) is 0 Å². The zero-order chi connectivity index (χ0) is 17.6. The lowest BCUT2D eigenvalue weighted by Crippen LogP contribution is -2.00. The highest BCUT2D eigenvalue weighted by atomic mass is 16.5. The molecule has 0 unspecified atom stereocenters. The summed E-state index contributed by atoms with van der Waals surface area (Å²) in [6.45, 7) is 4.02. The molecule has 25 heavy (non-hydrogen) atoms. The van der Waals surface area contributed by atoms with E-state index in [4.69, 9.17) is 13.6 Å². The first-order valence-electron chi connectivity index (χ1n) is 8.24. The third kappa shape index (κ3) is 2.41. The predicted octanol–water partition coefficient (Wildman–Crippen LogP) is 5.09. The molecule has 4 rings (SSSR count). The zero-order valence-electron chi connectivity index (χ0n) is 14.4. The van der Waals surface area contributed by atoms with Crippen molar-refractivity contribution in [3.63, 3.8) is 0 Å². The van der Waals surface area contributed by atoms with Crippen LogP contribution in [0.1, 0.15) is 18.1 Å². The Morgan fingerprint density at radius 3 is 2.72 bits per heavy atom. The van der Waals surface area contributed by atoms with Gasteiger partial charge in [-0.15, -0.1) is 0 Å². The standard InChI is InChI=1S/C21H18O4/c1-4-13-10-18(22)25-17-8-12(2)19-16(11-24-21(19)20(13)17)14-6-5-7-15(9-14)23-3/h5-11H,4H2,1-3H3. The number of hydrogen-bond donors (Lipinski definition) is 0. The number of hydrogen-bond acceptors (Lipinski definition) is 4. The van der Waals surface area contributed by atoms with Gasteiger partial charge < -0.3 is 13.6 Å². The number of furan rings is 1. The van der Waals surface area contributed by atoms with Crippen LogP contribution in [0.5, 0.6) is 5.75 Å². The Morgan fingerprint density at radius 2 is 1.96 bits per heavy atom. The summed E-state index contributed by atoms with van der Waals surface area (Å²) in [4.78, 5) is 11.8. The van der Waals surface area contributed by atoms with Gasteiger partial charge in [0.1, 0.15) is 16.9 Å². The Morgan fingerprint density at radius 1 is 1.12 bits per heavy atom. The number of fused-ring (bicyclic) bond motifs is 3. The first kappa shape index (κ1) is 15.5. The lowest BCUT2D eigenvalue weighted by molar-refractivity contribution is 0.415. The lowest BCUT2D eigenvalue weighted by atomic mass is 9.97. The number of ether oxygens (including phenoxy) is 1. The average Bonchev–Trinajstić information content (AvgIpc) is 3.06. The van der Waals surface area contributed by atoms with Crippen LogP contribution < -0.4 is 10.4 Å². The van der Waals surface area contributed by atoms with Gasteiger partial charge in [-0.05, 0) is 48.2 Å². The smallest absolute Gasteiger partial charge is 0.336 e. The van der Waals surface area contributed by atoms with Crippen molar-refractivity contribution < 1.29 is 13.6 Å². The Hall–Kier alpha value is -3.01. The Bertz CT molecular complexity index is 1150. The third-order valence-corrected chi connectivity index (χ3v) is 4.59. The van der Waals surface area contributed by atoms with Gasteiger partial charge in [0, 0.05) is 17.0 Å². The summed E-state index contributed by atoms with van der Waals surface area (Å²) < 4.78 is 16.7. The summed E-state index contributed by atoms with van der Waals surface area (Å²) in [6.07, 6.45) is 2.49. The van der Waals surface area contributed by atoms with Gasteiger partial charge >= 0.3 is 5.63 Å². The van der Waals surface area contributed by atoms with Crippen LogP contribution in [0.25, 0.3) is 33.1 Å². The largest absolute Gasteiger partial charge is 0.497 e. The van der Waals surface area contributed by atoms with Crippen molar-refractivity contribution in [3.05, 3.63) is 64.2 Å². The first-order valence-corrected chi connectivity index (χ1v) is 8.24. The van der Waals surface area contributed by atoms with Crippen molar-refractivity contribution in [2.45, 2.75) is 20.3 Å². The van der Waals surface area contributed by atoms with Gasteiger partial charge in [0.25, 0.3) is 0 Å². The topological polar surface area (TPSA) is 52.6 Å². The summed E-state index contributed by atoms with van der Waals surface area (Å²) in [7, 11) is 1.65. The zero-order valence-corrected chi connectivity index (χ0v) is 14.4. The predicted molar refractivity (Wildman–Crippen MR) is 98.4 cm³/mol. The Balaban J connectivity index is 2.10. The number of methoxy groups -OCH3 is 1. The van der Waals surface area contributed by atoms with Gasteiger partial charge in [-0.3, -0.25) is 0 Å². The fourth-order valence-corrected chi connectivity index (χ4v) is 3.40. The van der Waals surface area contributed by atoms with Crippen molar-refractivity contribution in [2.75, 3.05) is 7.11 Å². The van der Waals surface area contributed by atoms with Crippen molar-refractivity contribution in [1.82, 2.24) is 0 Å². The number of aryl methyl sites for hydroxylation is 2. The minimum atomic E-state index is -0.331. The van der Waals surface area contributed by atoms with Crippen LogP contribution in [0.15, 0.2) is 56.3 Å². The molecule has 0 aliphatic carbocycles. The van der Waals surface area contributed by atoms with E-state index in [1.807, 2.05) is 44.2 Å². The molecule has 0 saturated heterocycles. The van der Waals surface area contributed by atoms with E-state index in [1.165, 1.54) is 0 Å². The van der Waals surface area contributed by atoms with E-state index >= 15 is 0 Å². The van der Waals surface area contributed by atoms with Crippen molar-refractivity contribution in [2.24, 2.45) is 0 Å². The van der Waals surface area contributed by atoms with E-state index in [9.17, 15) is 4.79 Å². The summed E-state index contributed by atoms with van der Waals surface area (Å²) >= 11 is 0. The molecule has 0 amide bonds. The fourth-order valence-electron chi connectivity index (χ4n) is 3.40. The van der Waals surface area contributed by atoms with Crippen molar-refractivity contribution in [3.8, 4) is 16.9 Å². The Kier molecular flexibility index (Phi) is 3.61. The molecule has 4 aromatic rings. The molecule has 0 aliphatic rings. The monoisotopic (exact) mass is 334 g/mol. The second kappa shape index (κ2) is 5.81. The van der Waals surface area contributed by atoms with E-state index in [2.05, 4.69) is 0 Å². The van der Waals surface area contributed by atoms with Crippen molar-refractivity contribution in [1.29, 1.82) is 0 Å². The molecule has 0 saturated carbocycles. The van der Waals surface area contributed by atoms with Gasteiger partial charge in [-0.1, -0.05) is 19.1 Å². The molecule has 0 radical (unpaired) electrons. The highest BCUT2D eigenvalue weighted by Gasteiger charge is 2.18. The number of benzene rings is 2. The van der Waals surface area contributed by atoms with Gasteiger partial charge in [0.05, 0.1) is 18.8 Å². The quantitative estimate of drug-likeness (QED) is 0.490. The molecule has 4 heteroatoms. The minimum absolute atomic E-state index is 0.331. The summed E-state index contributed by atoms with van der Waals surface area (Å²) in [5.41, 5.74) is 4.96. The molecule has 0 bridgehead atoms. The normalized spacial score (nSPS) is 11.3. The molecule has 4 nitrogen and oxygen atoms in total. The molecule has 2 heterocycles. The average molecular weight is 334 g/mol. The SMILES string of the molecule is CCc1cc(=O)oc2cc(C)c3c(-c4cccc(OC)c4)coc3c12. The van der Waals surface area contributed by atoms with Gasteiger partial charge in [0.2, 0.25) is 0 Å². The highest BCUT2D eigenvalue weighted by molar-refractivity contribution is 6.10. The first-order chi connectivity index (χ1) is 12.1. The second-order valence-corrected chi connectivity index (χ2v) is 6.10. The summed E-state index contributed by atoms with van der Waals surface area (Å²) in [6, 6.07) is 11.3. The van der Waals surface area contributed by atoms with Crippen LogP contribution in [0.4, 0.5) is 0 Å². The second-order valence-electron chi connectivity index (χ2n) is 6.10. The molecule has 2 aromatic carbocycles. The van der Waals surface area contributed by atoms with E-state index in [1.54, 1.807) is 19.4 Å². The summed E-state index contributed by atoms with van der Waals surface area (Å²) in [5.74, 6) is 0.797. The minimum Gasteiger partial charge on any atom is -0.497 e. The highest BCUT2D eigenvalue weighted by Crippen LogP contribution is 2.39. The van der Waals surface area contributed by atoms with E-state index in [0.717, 1.165) is 50.8 Å². The third-order valence-electron chi connectivity index (χ3n) is 4.59. The van der Waals surface area contributed by atoms with E-state index < -0.39 is 0 Å². The van der Waals surface area contributed by atoms with Crippen LogP contribution in [-0.4, -0.2) is 7.11 Å². The van der Waals surface area contributed by atoms with Crippen LogP contribution in [0, 0.1) is 6.92 Å². The molecule has 0 atom stereocenters. The van der Waals surface area contributed by atoms with Gasteiger partial charge in [0.15, 0.2) is 0 Å². The molecule has 0 N–H and O–H groups in total. The van der Waals surface area contributed by atoms with Gasteiger partial charge in [-0.25, -0.2) is 4.79 Å². The van der Waals surface area contributed by atoms with Gasteiger partial charge in [-0.2, -0.15) is 0 Å². The van der Waals surface area contributed by atoms with E-state index in [0.29, 0.717) is 5.58 Å². The maximum Gasteiger partial charge on any atom is 0.336 e. The fraction of sp³-hybridized carbons (Fsp3) is 0.190. The molecule has 2 aromatic heterocycles. The van der Waals surface area contributed by atoms with Crippen LogP contribution in [-0.2, 0) is 6.42 Å². The summed E-state index contributed by atoms with van der Waals surface area (Å²) in [5, 5.41) is 1.90. The maximum absolute atomic E-state index is 11.8. The maximum atomic E-state index is 11.8. The van der Waals surface area contributed by atoms with E-state index in [-0.39, 0.29) is 5.63 Å². The number of rotatable bonds is 3. The Labute approximate surface area is 144 Å². The van der Waals surface area contributed by atoms with Crippen LogP contribution >= 0.6 is 0 Å². The van der Waals surface area contributed by atoms with Crippen LogP contribution in [0.3, 0.4) is 0 Å². The molecule has 0 spiro atoms. The molecular weight excluding hydrogens is 316 g/mol. The lowest BCUT2D eigenvalue weighted by Gasteiger charge is -2.07. The molecule has 0 aliphatic heterocycles. The molecular formula is C21H18O4. The molecule has 0 fully saturated rings. The molecule has 126 valence electrons.